The first-order valence-corrected chi connectivity index (χ1v) is 7.58. The van der Waals surface area contributed by atoms with Crippen LogP contribution in [0.1, 0.15) is 35.8 Å². The first kappa shape index (κ1) is 16.9. The van der Waals surface area contributed by atoms with E-state index in [-0.39, 0.29) is 5.91 Å². The maximum Gasteiger partial charge on any atom is 0.274 e. The van der Waals surface area contributed by atoms with E-state index in [1.54, 1.807) is 19.4 Å². The summed E-state index contributed by atoms with van der Waals surface area (Å²) in [5, 5.41) is 5.93. The van der Waals surface area contributed by atoms with Gasteiger partial charge in [0.25, 0.3) is 5.91 Å². The summed E-state index contributed by atoms with van der Waals surface area (Å²) in [5.74, 6) is 0.477. The number of carbonyl (C=O) groups excluding carboxylic acids is 1. The quantitative estimate of drug-likeness (QED) is 0.769. The van der Waals surface area contributed by atoms with Crippen LogP contribution in [-0.2, 0) is 4.74 Å². The maximum atomic E-state index is 12.4. The smallest absolute Gasteiger partial charge is 0.274 e. The van der Waals surface area contributed by atoms with E-state index >= 15 is 0 Å². The molecule has 0 atom stereocenters. The van der Waals surface area contributed by atoms with E-state index in [4.69, 9.17) is 4.74 Å². The fourth-order valence-corrected chi connectivity index (χ4v) is 2.14. The lowest BCUT2D eigenvalue weighted by Crippen LogP contribution is -2.17. The van der Waals surface area contributed by atoms with Crippen molar-refractivity contribution in [2.24, 2.45) is 0 Å². The Balaban J connectivity index is 2.10. The second kappa shape index (κ2) is 8.24. The molecule has 0 aliphatic carbocycles. The number of amides is 1. The van der Waals surface area contributed by atoms with Crippen LogP contribution in [0.3, 0.4) is 0 Å². The van der Waals surface area contributed by atoms with Crippen molar-refractivity contribution in [1.29, 1.82) is 0 Å². The Hall–Kier alpha value is -2.47. The van der Waals surface area contributed by atoms with Gasteiger partial charge in [0.2, 0.25) is 5.95 Å². The Morgan fingerprint density at radius 2 is 2.04 bits per heavy atom. The number of hydrogen-bond acceptors (Lipinski definition) is 5. The van der Waals surface area contributed by atoms with Gasteiger partial charge in [-0.15, -0.1) is 0 Å². The SMILES string of the molecule is COCCNc1nccc(C(=O)Nc2ccccc2C(C)C)n1. The standard InChI is InChI=1S/C17H22N4O2/c1-12(2)13-6-4-5-7-14(13)20-16(22)15-8-9-18-17(21-15)19-10-11-23-3/h4-9,12H,10-11H2,1-3H3,(H,20,22)(H,18,19,21). The zero-order valence-corrected chi connectivity index (χ0v) is 13.7. The molecule has 1 aromatic carbocycles. The Morgan fingerprint density at radius 3 is 2.78 bits per heavy atom. The summed E-state index contributed by atoms with van der Waals surface area (Å²) in [4.78, 5) is 20.7. The highest BCUT2D eigenvalue weighted by molar-refractivity contribution is 6.03. The number of nitrogens with one attached hydrogen (secondary N) is 2. The molecule has 1 aromatic heterocycles. The number of rotatable bonds is 7. The lowest BCUT2D eigenvalue weighted by Gasteiger charge is -2.13. The van der Waals surface area contributed by atoms with E-state index in [1.165, 1.54) is 0 Å². The topological polar surface area (TPSA) is 76.1 Å². The molecule has 1 amide bonds. The van der Waals surface area contributed by atoms with E-state index in [1.807, 2.05) is 24.3 Å². The molecule has 0 aliphatic rings. The molecule has 2 aromatic rings. The van der Waals surface area contributed by atoms with Crippen molar-refractivity contribution >= 4 is 17.5 Å². The van der Waals surface area contributed by atoms with E-state index in [0.717, 1.165) is 11.3 Å². The van der Waals surface area contributed by atoms with Gasteiger partial charge >= 0.3 is 0 Å². The van der Waals surface area contributed by atoms with Gasteiger partial charge in [0, 0.05) is 25.5 Å². The van der Waals surface area contributed by atoms with Crippen molar-refractivity contribution in [3.05, 3.63) is 47.8 Å². The molecule has 2 N–H and O–H groups in total. The van der Waals surface area contributed by atoms with Crippen LogP contribution in [0.15, 0.2) is 36.5 Å². The van der Waals surface area contributed by atoms with Crippen LogP contribution in [0.5, 0.6) is 0 Å². The predicted octanol–water partition coefficient (Wildman–Crippen LogP) is 2.91. The summed E-state index contributed by atoms with van der Waals surface area (Å²) in [6, 6.07) is 9.37. The number of hydrogen-bond donors (Lipinski definition) is 2. The molecule has 0 spiro atoms. The summed E-state index contributed by atoms with van der Waals surface area (Å²) >= 11 is 0. The predicted molar refractivity (Wildman–Crippen MR) is 90.9 cm³/mol. The van der Waals surface area contributed by atoms with Gasteiger partial charge in [-0.2, -0.15) is 0 Å². The van der Waals surface area contributed by atoms with Crippen LogP contribution >= 0.6 is 0 Å². The number of aromatic nitrogens is 2. The van der Waals surface area contributed by atoms with Gasteiger partial charge < -0.3 is 15.4 Å². The third-order valence-electron chi connectivity index (χ3n) is 3.31. The summed E-state index contributed by atoms with van der Waals surface area (Å²) in [6.45, 7) is 5.31. The number of nitrogens with zero attached hydrogens (tertiary/aromatic N) is 2. The summed E-state index contributed by atoms with van der Waals surface area (Å²) in [5.41, 5.74) is 2.21. The first-order valence-electron chi connectivity index (χ1n) is 7.58. The molecule has 2 rings (SSSR count). The zero-order chi connectivity index (χ0) is 16.7. The van der Waals surface area contributed by atoms with Gasteiger partial charge in [-0.05, 0) is 23.6 Å². The molecule has 0 radical (unpaired) electrons. The van der Waals surface area contributed by atoms with Crippen LogP contribution in [0.25, 0.3) is 0 Å². The molecule has 1 heterocycles. The molecule has 122 valence electrons. The minimum Gasteiger partial charge on any atom is -0.383 e. The summed E-state index contributed by atoms with van der Waals surface area (Å²) in [6.07, 6.45) is 1.56. The fourth-order valence-electron chi connectivity index (χ4n) is 2.14. The molecule has 0 saturated carbocycles. The number of anilines is 2. The molecule has 23 heavy (non-hydrogen) atoms. The summed E-state index contributed by atoms with van der Waals surface area (Å²) in [7, 11) is 1.62. The van der Waals surface area contributed by atoms with Gasteiger partial charge in [-0.1, -0.05) is 32.0 Å². The van der Waals surface area contributed by atoms with Crippen molar-refractivity contribution < 1.29 is 9.53 Å². The maximum absolute atomic E-state index is 12.4. The molecule has 0 aliphatic heterocycles. The molecule has 0 saturated heterocycles. The summed E-state index contributed by atoms with van der Waals surface area (Å²) < 4.78 is 4.96. The molecule has 6 heteroatoms. The van der Waals surface area contributed by atoms with Gasteiger partial charge in [0.05, 0.1) is 6.61 Å². The Kier molecular flexibility index (Phi) is 6.05. The lowest BCUT2D eigenvalue weighted by atomic mass is 10.0. The van der Waals surface area contributed by atoms with Gasteiger partial charge in [0.15, 0.2) is 0 Å². The highest BCUT2D eigenvalue weighted by Crippen LogP contribution is 2.24. The van der Waals surface area contributed by atoms with Gasteiger partial charge in [0.1, 0.15) is 5.69 Å². The van der Waals surface area contributed by atoms with Gasteiger partial charge in [-0.3, -0.25) is 4.79 Å². The molecule has 6 nitrogen and oxygen atoms in total. The second-order valence-electron chi connectivity index (χ2n) is 5.38. The first-order chi connectivity index (χ1) is 11.1. The van der Waals surface area contributed by atoms with Crippen molar-refractivity contribution in [1.82, 2.24) is 9.97 Å². The third-order valence-corrected chi connectivity index (χ3v) is 3.31. The average molecular weight is 314 g/mol. The molecular formula is C17H22N4O2. The van der Waals surface area contributed by atoms with Crippen molar-refractivity contribution in [3.63, 3.8) is 0 Å². The van der Waals surface area contributed by atoms with Crippen molar-refractivity contribution in [3.8, 4) is 0 Å². The van der Waals surface area contributed by atoms with Crippen molar-refractivity contribution in [2.75, 3.05) is 30.9 Å². The normalized spacial score (nSPS) is 10.6. The zero-order valence-electron chi connectivity index (χ0n) is 13.7. The highest BCUT2D eigenvalue weighted by Gasteiger charge is 2.12. The molecular weight excluding hydrogens is 292 g/mol. The largest absolute Gasteiger partial charge is 0.383 e. The van der Waals surface area contributed by atoms with E-state index in [2.05, 4.69) is 34.4 Å². The average Bonchev–Trinajstić information content (AvgIpc) is 2.55. The number of benzene rings is 1. The van der Waals surface area contributed by atoms with Gasteiger partial charge in [-0.25, -0.2) is 9.97 Å². The highest BCUT2D eigenvalue weighted by atomic mass is 16.5. The third kappa shape index (κ3) is 4.75. The van der Waals surface area contributed by atoms with Crippen LogP contribution < -0.4 is 10.6 Å². The van der Waals surface area contributed by atoms with E-state index in [9.17, 15) is 4.79 Å². The molecule has 0 unspecified atom stereocenters. The monoisotopic (exact) mass is 314 g/mol. The van der Waals surface area contributed by atoms with E-state index < -0.39 is 0 Å². The van der Waals surface area contributed by atoms with Crippen LogP contribution in [0, 0.1) is 0 Å². The number of ether oxygens (including phenoxy) is 1. The lowest BCUT2D eigenvalue weighted by molar-refractivity contribution is 0.102. The van der Waals surface area contributed by atoms with Crippen LogP contribution in [0.4, 0.5) is 11.6 Å². The van der Waals surface area contributed by atoms with Crippen LogP contribution in [0.2, 0.25) is 0 Å². The second-order valence-corrected chi connectivity index (χ2v) is 5.38. The minimum absolute atomic E-state index is 0.254. The van der Waals surface area contributed by atoms with Crippen LogP contribution in [-0.4, -0.2) is 36.1 Å². The van der Waals surface area contributed by atoms with Crippen molar-refractivity contribution in [2.45, 2.75) is 19.8 Å². The molecule has 0 bridgehead atoms. The number of carbonyl (C=O) groups is 1. The fraction of sp³-hybridized carbons (Fsp3) is 0.353. The molecule has 0 fully saturated rings. The Bertz CT molecular complexity index is 659. The Morgan fingerprint density at radius 1 is 1.26 bits per heavy atom. The number of para-hydroxylation sites is 1. The van der Waals surface area contributed by atoms with E-state index in [0.29, 0.717) is 30.7 Å². The minimum atomic E-state index is -0.254. The Labute approximate surface area is 136 Å². The number of methoxy groups -OCH3 is 1.